The Labute approximate surface area is 126 Å². The molecule has 0 saturated carbocycles. The molecule has 1 aromatic carbocycles. The molecule has 1 saturated heterocycles. The van der Waals surface area contributed by atoms with Gasteiger partial charge in [-0.2, -0.15) is 8.78 Å². The summed E-state index contributed by atoms with van der Waals surface area (Å²) in [5.41, 5.74) is 0.593. The van der Waals surface area contributed by atoms with Crippen LogP contribution in [0.25, 0.3) is 0 Å². The molecule has 1 atom stereocenters. The summed E-state index contributed by atoms with van der Waals surface area (Å²) in [6.07, 6.45) is 0.519. The Morgan fingerprint density at radius 3 is 2.52 bits per heavy atom. The van der Waals surface area contributed by atoms with Crippen LogP contribution in [0.3, 0.4) is 0 Å². The van der Waals surface area contributed by atoms with Gasteiger partial charge in [-0.05, 0) is 42.9 Å². The highest BCUT2D eigenvalue weighted by Gasteiger charge is 2.28. The molecular formula is C12H14F2N2O3S2. The molecule has 1 fully saturated rings. The lowest BCUT2D eigenvalue weighted by molar-refractivity contribution is -0.0498. The summed E-state index contributed by atoms with van der Waals surface area (Å²) in [6, 6.07) is 5.65. The van der Waals surface area contributed by atoms with Crippen molar-refractivity contribution in [1.29, 1.82) is 0 Å². The van der Waals surface area contributed by atoms with Crippen molar-refractivity contribution in [2.24, 2.45) is 0 Å². The number of thiocarbonyl (C=S) groups is 1. The van der Waals surface area contributed by atoms with Gasteiger partial charge in [0.15, 0.2) is 14.9 Å². The first-order chi connectivity index (χ1) is 9.84. The second-order valence-corrected chi connectivity index (χ2v) is 7.24. The largest absolute Gasteiger partial charge is 0.435 e. The van der Waals surface area contributed by atoms with Crippen molar-refractivity contribution >= 4 is 32.9 Å². The third-order valence-electron chi connectivity index (χ3n) is 2.91. The average Bonchev–Trinajstić information content (AvgIpc) is 2.70. The number of sulfone groups is 1. The second kappa shape index (κ2) is 6.52. The SMILES string of the molecule is O=S1(=O)CC[C@H](NC(=S)Nc2ccc(OC(F)F)cc2)C1. The summed E-state index contributed by atoms with van der Waals surface area (Å²) in [4.78, 5) is 0. The van der Waals surface area contributed by atoms with Crippen LogP contribution < -0.4 is 15.4 Å². The van der Waals surface area contributed by atoms with E-state index in [1.807, 2.05) is 0 Å². The van der Waals surface area contributed by atoms with E-state index in [4.69, 9.17) is 12.2 Å². The number of hydrogen-bond donors (Lipinski definition) is 2. The molecule has 9 heteroatoms. The highest BCUT2D eigenvalue weighted by molar-refractivity contribution is 7.91. The Bertz CT molecular complexity index is 605. The summed E-state index contributed by atoms with van der Waals surface area (Å²) in [5.74, 6) is 0.277. The van der Waals surface area contributed by atoms with Gasteiger partial charge in [-0.1, -0.05) is 0 Å². The number of benzene rings is 1. The molecular weight excluding hydrogens is 322 g/mol. The zero-order valence-electron chi connectivity index (χ0n) is 10.9. The Morgan fingerprint density at radius 2 is 2.00 bits per heavy atom. The van der Waals surface area contributed by atoms with Crippen LogP contribution in [0.1, 0.15) is 6.42 Å². The Kier molecular flexibility index (Phi) is 4.94. The van der Waals surface area contributed by atoms with Crippen LogP contribution in [0.5, 0.6) is 5.75 Å². The predicted molar refractivity (Wildman–Crippen MR) is 79.5 cm³/mol. The van der Waals surface area contributed by atoms with E-state index in [0.29, 0.717) is 17.2 Å². The van der Waals surface area contributed by atoms with Gasteiger partial charge in [0.1, 0.15) is 5.75 Å². The minimum atomic E-state index is -2.97. The van der Waals surface area contributed by atoms with E-state index in [1.54, 1.807) is 0 Å². The van der Waals surface area contributed by atoms with Gasteiger partial charge in [0.2, 0.25) is 0 Å². The van der Waals surface area contributed by atoms with Crippen molar-refractivity contribution in [2.75, 3.05) is 16.8 Å². The summed E-state index contributed by atoms with van der Waals surface area (Å²) in [5, 5.41) is 6.07. The third kappa shape index (κ3) is 5.09. The number of rotatable bonds is 4. The van der Waals surface area contributed by atoms with Crippen LogP contribution in [0.15, 0.2) is 24.3 Å². The Balaban J connectivity index is 1.85. The smallest absolute Gasteiger partial charge is 0.387 e. The molecule has 0 amide bonds. The van der Waals surface area contributed by atoms with E-state index in [2.05, 4.69) is 15.4 Å². The maximum atomic E-state index is 12.0. The zero-order valence-corrected chi connectivity index (χ0v) is 12.5. The highest BCUT2D eigenvalue weighted by atomic mass is 32.2. The number of anilines is 1. The van der Waals surface area contributed by atoms with Gasteiger partial charge in [-0.15, -0.1) is 0 Å². The molecule has 1 aliphatic rings. The fourth-order valence-corrected chi connectivity index (χ4v) is 3.94. The Hall–Kier alpha value is -1.48. The van der Waals surface area contributed by atoms with Gasteiger partial charge in [-0.25, -0.2) is 8.42 Å². The lowest BCUT2D eigenvalue weighted by atomic mass is 10.3. The maximum absolute atomic E-state index is 12.0. The van der Waals surface area contributed by atoms with Gasteiger partial charge in [0.25, 0.3) is 0 Å². The monoisotopic (exact) mass is 336 g/mol. The van der Waals surface area contributed by atoms with Crippen LogP contribution >= 0.6 is 12.2 Å². The quantitative estimate of drug-likeness (QED) is 0.817. The molecule has 0 unspecified atom stereocenters. The van der Waals surface area contributed by atoms with Crippen LogP contribution in [0.2, 0.25) is 0 Å². The number of nitrogens with one attached hydrogen (secondary N) is 2. The molecule has 0 radical (unpaired) electrons. The van der Waals surface area contributed by atoms with Crippen LogP contribution in [0, 0.1) is 0 Å². The molecule has 1 aliphatic heterocycles. The molecule has 2 N–H and O–H groups in total. The summed E-state index contributed by atoms with van der Waals surface area (Å²) >= 11 is 5.08. The second-order valence-electron chi connectivity index (χ2n) is 4.60. The van der Waals surface area contributed by atoms with Gasteiger partial charge in [0.05, 0.1) is 11.5 Å². The molecule has 2 rings (SSSR count). The topological polar surface area (TPSA) is 67.4 Å². The standard InChI is InChI=1S/C12H14F2N2O3S2/c13-11(14)19-10-3-1-8(2-4-10)15-12(20)16-9-5-6-21(17,18)7-9/h1-4,9,11H,5-7H2,(H2,15,16,20)/t9-/m0/s1. The van der Waals surface area contributed by atoms with E-state index in [-0.39, 0.29) is 23.3 Å². The van der Waals surface area contributed by atoms with Crippen molar-refractivity contribution in [3.63, 3.8) is 0 Å². The minimum absolute atomic E-state index is 0.0521. The predicted octanol–water partition coefficient (Wildman–Crippen LogP) is 1.76. The van der Waals surface area contributed by atoms with Gasteiger partial charge in [0, 0.05) is 11.7 Å². The average molecular weight is 336 g/mol. The fourth-order valence-electron chi connectivity index (χ4n) is 1.98. The molecule has 21 heavy (non-hydrogen) atoms. The molecule has 1 heterocycles. The van der Waals surface area contributed by atoms with Crippen LogP contribution in [-0.4, -0.2) is 37.7 Å². The molecule has 5 nitrogen and oxygen atoms in total. The molecule has 0 aliphatic carbocycles. The van der Waals surface area contributed by atoms with Crippen LogP contribution in [0.4, 0.5) is 14.5 Å². The third-order valence-corrected chi connectivity index (χ3v) is 4.89. The summed E-state index contributed by atoms with van der Waals surface area (Å²) < 4.78 is 50.9. The van der Waals surface area contributed by atoms with Gasteiger partial charge >= 0.3 is 6.61 Å². The number of hydrogen-bond acceptors (Lipinski definition) is 4. The van der Waals surface area contributed by atoms with E-state index in [0.717, 1.165) is 0 Å². The maximum Gasteiger partial charge on any atom is 0.387 e. The van der Waals surface area contributed by atoms with Crippen LogP contribution in [-0.2, 0) is 9.84 Å². The molecule has 1 aromatic rings. The van der Waals surface area contributed by atoms with E-state index >= 15 is 0 Å². The molecule has 0 spiro atoms. The number of halogens is 2. The van der Waals surface area contributed by atoms with Crippen molar-refractivity contribution in [1.82, 2.24) is 5.32 Å². The van der Waals surface area contributed by atoms with E-state index in [1.165, 1.54) is 24.3 Å². The number of alkyl halides is 2. The minimum Gasteiger partial charge on any atom is -0.435 e. The van der Waals surface area contributed by atoms with Gasteiger partial charge in [-0.3, -0.25) is 0 Å². The van der Waals surface area contributed by atoms with E-state index < -0.39 is 16.4 Å². The van der Waals surface area contributed by atoms with Crippen molar-refractivity contribution in [3.05, 3.63) is 24.3 Å². The van der Waals surface area contributed by atoms with Crippen molar-refractivity contribution in [3.8, 4) is 5.75 Å². The summed E-state index contributed by atoms with van der Waals surface area (Å²) in [7, 11) is -2.97. The Morgan fingerprint density at radius 1 is 1.33 bits per heavy atom. The lowest BCUT2D eigenvalue weighted by Crippen LogP contribution is -2.38. The van der Waals surface area contributed by atoms with E-state index in [9.17, 15) is 17.2 Å². The first-order valence-electron chi connectivity index (χ1n) is 6.17. The first kappa shape index (κ1) is 15.9. The fraction of sp³-hybridized carbons (Fsp3) is 0.417. The zero-order chi connectivity index (χ0) is 15.5. The molecule has 0 bridgehead atoms. The number of ether oxygens (including phenoxy) is 1. The first-order valence-corrected chi connectivity index (χ1v) is 8.40. The molecule has 0 aromatic heterocycles. The van der Waals surface area contributed by atoms with Gasteiger partial charge < -0.3 is 15.4 Å². The highest BCUT2D eigenvalue weighted by Crippen LogP contribution is 2.18. The van der Waals surface area contributed by atoms with Crippen molar-refractivity contribution in [2.45, 2.75) is 19.1 Å². The summed E-state index contributed by atoms with van der Waals surface area (Å²) in [6.45, 7) is -2.86. The van der Waals surface area contributed by atoms with Crippen molar-refractivity contribution < 1.29 is 21.9 Å². The lowest BCUT2D eigenvalue weighted by Gasteiger charge is -2.15. The molecule has 116 valence electrons. The normalized spacial score (nSPS) is 20.2.